The average Bonchev–Trinajstić information content (AvgIpc) is 2.98. The van der Waals surface area contributed by atoms with Crippen LogP contribution in [0.1, 0.15) is 11.5 Å². The molecule has 0 amide bonds. The minimum Gasteiger partial charge on any atom is -0.497 e. The molecule has 1 aromatic rings. The van der Waals surface area contributed by atoms with Crippen molar-refractivity contribution in [2.45, 2.75) is 12.0 Å². The molecule has 23 heavy (non-hydrogen) atoms. The van der Waals surface area contributed by atoms with Gasteiger partial charge in [0.15, 0.2) is 0 Å². The van der Waals surface area contributed by atoms with E-state index in [0.29, 0.717) is 39.4 Å². The van der Waals surface area contributed by atoms with Crippen molar-refractivity contribution in [2.24, 2.45) is 5.73 Å². The number of rotatable bonds is 4. The van der Waals surface area contributed by atoms with Crippen LogP contribution in [0, 0.1) is 0 Å². The molecular weight excluding hydrogens is 318 g/mol. The third-order valence-electron chi connectivity index (χ3n) is 4.50. The van der Waals surface area contributed by atoms with E-state index in [2.05, 4.69) is 0 Å². The fourth-order valence-corrected chi connectivity index (χ4v) is 4.77. The summed E-state index contributed by atoms with van der Waals surface area (Å²) in [5.74, 6) is 0.773. The fraction of sp³-hybridized carbons (Fsp3) is 0.600. The highest BCUT2D eigenvalue weighted by molar-refractivity contribution is 7.86. The van der Waals surface area contributed by atoms with E-state index in [1.54, 1.807) is 7.11 Å². The second-order valence-corrected chi connectivity index (χ2v) is 7.81. The molecule has 2 aliphatic heterocycles. The van der Waals surface area contributed by atoms with Crippen molar-refractivity contribution >= 4 is 10.2 Å². The number of morpholine rings is 1. The van der Waals surface area contributed by atoms with E-state index in [4.69, 9.17) is 15.2 Å². The van der Waals surface area contributed by atoms with Crippen LogP contribution < -0.4 is 10.5 Å². The summed E-state index contributed by atoms with van der Waals surface area (Å²) in [7, 11) is -1.85. The molecule has 2 atom stereocenters. The van der Waals surface area contributed by atoms with Crippen molar-refractivity contribution in [1.29, 1.82) is 0 Å². The molecule has 7 nitrogen and oxygen atoms in total. The van der Waals surface area contributed by atoms with Crippen LogP contribution in [0.4, 0.5) is 0 Å². The van der Waals surface area contributed by atoms with Gasteiger partial charge in [0.2, 0.25) is 0 Å². The molecule has 3 rings (SSSR count). The van der Waals surface area contributed by atoms with Gasteiger partial charge >= 0.3 is 0 Å². The molecule has 128 valence electrons. The van der Waals surface area contributed by atoms with Gasteiger partial charge in [-0.3, -0.25) is 0 Å². The number of methoxy groups -OCH3 is 1. The number of hydrogen-bond donors (Lipinski definition) is 1. The first-order chi connectivity index (χ1) is 11.0. The van der Waals surface area contributed by atoms with Crippen LogP contribution in [0.15, 0.2) is 24.3 Å². The molecule has 0 saturated carbocycles. The van der Waals surface area contributed by atoms with E-state index in [1.807, 2.05) is 24.3 Å². The Balaban J connectivity index is 1.74. The van der Waals surface area contributed by atoms with E-state index in [-0.39, 0.29) is 12.0 Å². The summed E-state index contributed by atoms with van der Waals surface area (Å²) in [5, 5.41) is 0. The highest BCUT2D eigenvalue weighted by Crippen LogP contribution is 2.30. The second kappa shape index (κ2) is 6.74. The molecule has 8 heteroatoms. The van der Waals surface area contributed by atoms with E-state index in [9.17, 15) is 8.42 Å². The van der Waals surface area contributed by atoms with E-state index in [1.165, 1.54) is 8.61 Å². The van der Waals surface area contributed by atoms with Gasteiger partial charge in [-0.25, -0.2) is 0 Å². The maximum Gasteiger partial charge on any atom is 0.282 e. The smallest absolute Gasteiger partial charge is 0.282 e. The Bertz CT molecular complexity index is 629. The summed E-state index contributed by atoms with van der Waals surface area (Å²) in [5.41, 5.74) is 7.26. The van der Waals surface area contributed by atoms with Gasteiger partial charge in [0.25, 0.3) is 10.2 Å². The topological polar surface area (TPSA) is 85.1 Å². The van der Waals surface area contributed by atoms with Gasteiger partial charge in [-0.15, -0.1) is 0 Å². The fourth-order valence-electron chi connectivity index (χ4n) is 3.12. The van der Waals surface area contributed by atoms with Crippen molar-refractivity contribution in [3.8, 4) is 5.75 Å². The summed E-state index contributed by atoms with van der Waals surface area (Å²) in [6.07, 6.45) is 0. The molecule has 0 radical (unpaired) electrons. The van der Waals surface area contributed by atoms with Crippen molar-refractivity contribution in [2.75, 3.05) is 46.5 Å². The minimum atomic E-state index is -3.47. The van der Waals surface area contributed by atoms with Crippen molar-refractivity contribution < 1.29 is 17.9 Å². The van der Waals surface area contributed by atoms with E-state index in [0.717, 1.165) is 11.3 Å². The predicted molar refractivity (Wildman–Crippen MR) is 86.6 cm³/mol. The van der Waals surface area contributed by atoms with Crippen LogP contribution in [0.3, 0.4) is 0 Å². The van der Waals surface area contributed by atoms with Crippen LogP contribution in [-0.2, 0) is 14.9 Å². The third kappa shape index (κ3) is 3.36. The van der Waals surface area contributed by atoms with Gasteiger partial charge in [0.05, 0.1) is 20.3 Å². The van der Waals surface area contributed by atoms with Gasteiger partial charge in [-0.1, -0.05) is 12.1 Å². The quantitative estimate of drug-likeness (QED) is 0.833. The Morgan fingerprint density at radius 2 is 1.78 bits per heavy atom. The third-order valence-corrected chi connectivity index (χ3v) is 6.47. The largest absolute Gasteiger partial charge is 0.497 e. The molecule has 2 aliphatic rings. The number of ether oxygens (including phenoxy) is 2. The zero-order chi connectivity index (χ0) is 16.4. The number of benzene rings is 1. The summed E-state index contributed by atoms with van der Waals surface area (Å²) in [4.78, 5) is 0. The SMILES string of the molecule is COc1ccc([C@@H]2CN(S(=O)(=O)N3CCOCC3)C[C@H]2N)cc1. The van der Waals surface area contributed by atoms with Crippen LogP contribution in [0.5, 0.6) is 5.75 Å². The lowest BCUT2D eigenvalue weighted by molar-refractivity contribution is 0.0705. The Morgan fingerprint density at radius 1 is 1.13 bits per heavy atom. The molecule has 0 spiro atoms. The zero-order valence-electron chi connectivity index (χ0n) is 13.2. The summed E-state index contributed by atoms with van der Waals surface area (Å²) in [6.45, 7) is 2.45. The van der Waals surface area contributed by atoms with Gasteiger partial charge in [0.1, 0.15) is 5.75 Å². The van der Waals surface area contributed by atoms with Crippen molar-refractivity contribution in [1.82, 2.24) is 8.61 Å². The Kier molecular flexibility index (Phi) is 4.88. The van der Waals surface area contributed by atoms with Crippen LogP contribution in [-0.4, -0.2) is 69.6 Å². The van der Waals surface area contributed by atoms with E-state index >= 15 is 0 Å². The highest BCUT2D eigenvalue weighted by atomic mass is 32.2. The lowest BCUT2D eigenvalue weighted by Gasteiger charge is -2.30. The van der Waals surface area contributed by atoms with Crippen LogP contribution in [0.2, 0.25) is 0 Å². The molecule has 2 N–H and O–H groups in total. The molecule has 1 aromatic carbocycles. The maximum absolute atomic E-state index is 12.7. The van der Waals surface area contributed by atoms with Crippen LogP contribution >= 0.6 is 0 Å². The molecule has 2 saturated heterocycles. The Labute approximate surface area is 137 Å². The first kappa shape index (κ1) is 16.7. The molecule has 2 fully saturated rings. The Hall–Kier alpha value is -1.19. The number of hydrogen-bond acceptors (Lipinski definition) is 5. The lowest BCUT2D eigenvalue weighted by Crippen LogP contribution is -2.48. The maximum atomic E-state index is 12.7. The summed E-state index contributed by atoms with van der Waals surface area (Å²) >= 11 is 0. The standard InChI is InChI=1S/C15H23N3O4S/c1-21-13-4-2-12(3-5-13)14-10-18(11-15(14)16)23(19,20)17-6-8-22-9-7-17/h2-5,14-15H,6-11,16H2,1H3/t14-,15+/m0/s1. The van der Waals surface area contributed by atoms with Crippen LogP contribution in [0.25, 0.3) is 0 Å². The normalized spacial score (nSPS) is 27.2. The van der Waals surface area contributed by atoms with Crippen molar-refractivity contribution in [3.63, 3.8) is 0 Å². The molecule has 0 bridgehead atoms. The van der Waals surface area contributed by atoms with Gasteiger partial charge in [-0.05, 0) is 17.7 Å². The second-order valence-electron chi connectivity index (χ2n) is 5.88. The summed E-state index contributed by atoms with van der Waals surface area (Å²) < 4.78 is 38.8. The molecular formula is C15H23N3O4S. The first-order valence-electron chi connectivity index (χ1n) is 7.75. The van der Waals surface area contributed by atoms with E-state index < -0.39 is 10.2 Å². The molecule has 2 heterocycles. The molecule has 0 aromatic heterocycles. The predicted octanol–water partition coefficient (Wildman–Crippen LogP) is -0.00130. The monoisotopic (exact) mass is 341 g/mol. The summed E-state index contributed by atoms with van der Waals surface area (Å²) in [6, 6.07) is 7.45. The van der Waals surface area contributed by atoms with Gasteiger partial charge in [-0.2, -0.15) is 17.0 Å². The molecule has 0 unspecified atom stereocenters. The minimum absolute atomic E-state index is 0.00304. The average molecular weight is 341 g/mol. The van der Waals surface area contributed by atoms with Gasteiger partial charge < -0.3 is 15.2 Å². The highest BCUT2D eigenvalue weighted by Gasteiger charge is 2.40. The lowest BCUT2D eigenvalue weighted by atomic mass is 9.95. The van der Waals surface area contributed by atoms with Gasteiger partial charge in [0, 0.05) is 38.1 Å². The number of nitrogens with two attached hydrogens (primary N) is 1. The number of nitrogens with zero attached hydrogens (tertiary/aromatic N) is 2. The Morgan fingerprint density at radius 3 is 2.39 bits per heavy atom. The molecule has 0 aliphatic carbocycles. The zero-order valence-corrected chi connectivity index (χ0v) is 14.0. The van der Waals surface area contributed by atoms with Crippen molar-refractivity contribution in [3.05, 3.63) is 29.8 Å². The first-order valence-corrected chi connectivity index (χ1v) is 9.14.